The van der Waals surface area contributed by atoms with Crippen molar-refractivity contribution < 1.29 is 8.78 Å². The topological polar surface area (TPSA) is 24.1 Å². The SMILES string of the molecule is CC(Nc1ccc(F)cc1F)C1CCNCC1. The first-order chi connectivity index (χ1) is 8.16. The molecule has 0 spiro atoms. The summed E-state index contributed by atoms with van der Waals surface area (Å²) in [5, 5.41) is 6.44. The van der Waals surface area contributed by atoms with Gasteiger partial charge >= 0.3 is 0 Å². The van der Waals surface area contributed by atoms with Crippen LogP contribution in [0.4, 0.5) is 14.5 Å². The molecule has 94 valence electrons. The standard InChI is InChI=1S/C13H18F2N2/c1-9(10-4-6-16-7-5-10)17-13-3-2-11(14)8-12(13)15/h2-3,8-10,16-17H,4-7H2,1H3. The van der Waals surface area contributed by atoms with Crippen molar-refractivity contribution in [2.24, 2.45) is 5.92 Å². The van der Waals surface area contributed by atoms with Crippen molar-refractivity contribution in [2.75, 3.05) is 18.4 Å². The minimum Gasteiger partial charge on any atom is -0.380 e. The highest BCUT2D eigenvalue weighted by atomic mass is 19.1. The molecule has 2 nitrogen and oxygen atoms in total. The number of halogens is 2. The fourth-order valence-corrected chi connectivity index (χ4v) is 2.31. The third-order valence-electron chi connectivity index (χ3n) is 3.41. The maximum Gasteiger partial charge on any atom is 0.149 e. The number of hydrogen-bond donors (Lipinski definition) is 2. The van der Waals surface area contributed by atoms with Crippen LogP contribution in [-0.4, -0.2) is 19.1 Å². The Morgan fingerprint density at radius 2 is 2.00 bits per heavy atom. The van der Waals surface area contributed by atoms with Gasteiger partial charge in [0.2, 0.25) is 0 Å². The Bertz CT molecular complexity index is 376. The van der Waals surface area contributed by atoms with Gasteiger partial charge in [-0.2, -0.15) is 0 Å². The molecule has 0 bridgehead atoms. The Morgan fingerprint density at radius 1 is 1.29 bits per heavy atom. The summed E-state index contributed by atoms with van der Waals surface area (Å²) in [4.78, 5) is 0. The number of hydrogen-bond acceptors (Lipinski definition) is 2. The lowest BCUT2D eigenvalue weighted by atomic mass is 9.91. The molecule has 1 aliphatic heterocycles. The smallest absolute Gasteiger partial charge is 0.149 e. The second kappa shape index (κ2) is 5.45. The van der Waals surface area contributed by atoms with Gasteiger partial charge in [-0.05, 0) is 50.9 Å². The Kier molecular flexibility index (Phi) is 3.94. The van der Waals surface area contributed by atoms with Crippen LogP contribution in [0.1, 0.15) is 19.8 Å². The Balaban J connectivity index is 1.99. The molecule has 1 heterocycles. The van der Waals surface area contributed by atoms with Crippen molar-refractivity contribution >= 4 is 5.69 Å². The van der Waals surface area contributed by atoms with E-state index in [9.17, 15) is 8.78 Å². The largest absolute Gasteiger partial charge is 0.380 e. The molecule has 0 radical (unpaired) electrons. The number of piperidine rings is 1. The van der Waals surface area contributed by atoms with Crippen molar-refractivity contribution in [1.82, 2.24) is 5.32 Å². The monoisotopic (exact) mass is 240 g/mol. The van der Waals surface area contributed by atoms with E-state index in [1.807, 2.05) is 0 Å². The zero-order valence-corrected chi connectivity index (χ0v) is 9.97. The first kappa shape index (κ1) is 12.3. The molecule has 0 aliphatic carbocycles. The maximum atomic E-state index is 13.5. The van der Waals surface area contributed by atoms with Crippen molar-refractivity contribution in [3.63, 3.8) is 0 Å². The average molecular weight is 240 g/mol. The van der Waals surface area contributed by atoms with Crippen LogP contribution in [0.25, 0.3) is 0 Å². The van der Waals surface area contributed by atoms with E-state index < -0.39 is 11.6 Å². The summed E-state index contributed by atoms with van der Waals surface area (Å²) in [6.45, 7) is 4.09. The van der Waals surface area contributed by atoms with Gasteiger partial charge in [-0.1, -0.05) is 0 Å². The van der Waals surface area contributed by atoms with E-state index in [0.29, 0.717) is 11.6 Å². The molecular formula is C13H18F2N2. The van der Waals surface area contributed by atoms with Crippen molar-refractivity contribution in [3.8, 4) is 0 Å². The molecule has 1 aliphatic rings. The van der Waals surface area contributed by atoms with Gasteiger partial charge in [0, 0.05) is 12.1 Å². The molecule has 2 N–H and O–H groups in total. The normalized spacial score (nSPS) is 19.0. The number of anilines is 1. The van der Waals surface area contributed by atoms with E-state index >= 15 is 0 Å². The van der Waals surface area contributed by atoms with E-state index in [1.54, 1.807) is 0 Å². The third kappa shape index (κ3) is 3.16. The molecular weight excluding hydrogens is 222 g/mol. The van der Waals surface area contributed by atoms with Crippen molar-refractivity contribution in [1.29, 1.82) is 0 Å². The zero-order chi connectivity index (χ0) is 12.3. The van der Waals surface area contributed by atoms with Gasteiger partial charge in [-0.25, -0.2) is 8.78 Å². The summed E-state index contributed by atoms with van der Waals surface area (Å²) < 4.78 is 26.2. The Hall–Kier alpha value is -1.16. The molecule has 1 unspecified atom stereocenters. The van der Waals surface area contributed by atoms with Crippen LogP contribution in [0, 0.1) is 17.6 Å². The minimum atomic E-state index is -0.539. The van der Waals surface area contributed by atoms with Gasteiger partial charge < -0.3 is 10.6 Å². The first-order valence-corrected chi connectivity index (χ1v) is 6.09. The molecule has 1 saturated heterocycles. The van der Waals surface area contributed by atoms with E-state index in [-0.39, 0.29) is 6.04 Å². The van der Waals surface area contributed by atoms with Crippen LogP contribution in [0.3, 0.4) is 0 Å². The molecule has 2 rings (SSSR count). The second-order valence-corrected chi connectivity index (χ2v) is 4.64. The van der Waals surface area contributed by atoms with Crippen LogP contribution in [0.15, 0.2) is 18.2 Å². The molecule has 1 aromatic rings. The Morgan fingerprint density at radius 3 is 2.65 bits per heavy atom. The van der Waals surface area contributed by atoms with Crippen LogP contribution in [0.5, 0.6) is 0 Å². The van der Waals surface area contributed by atoms with Crippen molar-refractivity contribution in [3.05, 3.63) is 29.8 Å². The van der Waals surface area contributed by atoms with Crippen molar-refractivity contribution in [2.45, 2.75) is 25.8 Å². The number of benzene rings is 1. The fourth-order valence-electron chi connectivity index (χ4n) is 2.31. The fraction of sp³-hybridized carbons (Fsp3) is 0.538. The van der Waals surface area contributed by atoms with Crippen LogP contribution >= 0.6 is 0 Å². The number of nitrogens with one attached hydrogen (secondary N) is 2. The second-order valence-electron chi connectivity index (χ2n) is 4.64. The summed E-state index contributed by atoms with van der Waals surface area (Å²) in [7, 11) is 0. The summed E-state index contributed by atoms with van der Waals surface area (Å²) in [6, 6.07) is 3.86. The summed E-state index contributed by atoms with van der Waals surface area (Å²) in [6.07, 6.45) is 2.19. The summed E-state index contributed by atoms with van der Waals surface area (Å²) in [5.74, 6) is -0.519. The molecule has 0 aromatic heterocycles. The van der Waals surface area contributed by atoms with Gasteiger partial charge in [-0.15, -0.1) is 0 Å². The van der Waals surface area contributed by atoms with E-state index in [4.69, 9.17) is 0 Å². The molecule has 0 saturated carbocycles. The van der Waals surface area contributed by atoms with Crippen LogP contribution in [-0.2, 0) is 0 Å². The van der Waals surface area contributed by atoms with Crippen LogP contribution in [0.2, 0.25) is 0 Å². The molecule has 1 atom stereocenters. The maximum absolute atomic E-state index is 13.5. The summed E-state index contributed by atoms with van der Waals surface area (Å²) >= 11 is 0. The van der Waals surface area contributed by atoms with Crippen LogP contribution < -0.4 is 10.6 Å². The average Bonchev–Trinajstić information content (AvgIpc) is 2.34. The lowest BCUT2D eigenvalue weighted by Crippen LogP contribution is -2.36. The highest BCUT2D eigenvalue weighted by Crippen LogP contribution is 2.22. The molecule has 4 heteroatoms. The predicted molar refractivity (Wildman–Crippen MR) is 65.0 cm³/mol. The first-order valence-electron chi connectivity index (χ1n) is 6.09. The summed E-state index contributed by atoms with van der Waals surface area (Å²) in [5.41, 5.74) is 0.387. The van der Waals surface area contributed by atoms with Gasteiger partial charge in [0.15, 0.2) is 0 Å². The van der Waals surface area contributed by atoms with E-state index in [0.717, 1.165) is 32.0 Å². The third-order valence-corrected chi connectivity index (χ3v) is 3.41. The zero-order valence-electron chi connectivity index (χ0n) is 9.97. The van der Waals surface area contributed by atoms with Gasteiger partial charge in [-0.3, -0.25) is 0 Å². The molecule has 1 aromatic carbocycles. The van der Waals surface area contributed by atoms with E-state index in [2.05, 4.69) is 17.6 Å². The molecule has 17 heavy (non-hydrogen) atoms. The molecule has 0 amide bonds. The highest BCUT2D eigenvalue weighted by molar-refractivity contribution is 5.45. The van der Waals surface area contributed by atoms with Gasteiger partial charge in [0.1, 0.15) is 11.6 Å². The van der Waals surface area contributed by atoms with Gasteiger partial charge in [0.05, 0.1) is 5.69 Å². The quantitative estimate of drug-likeness (QED) is 0.849. The van der Waals surface area contributed by atoms with E-state index in [1.165, 1.54) is 12.1 Å². The molecule has 1 fully saturated rings. The Labute approximate surface area is 100 Å². The lowest BCUT2D eigenvalue weighted by molar-refractivity contribution is 0.342. The predicted octanol–water partition coefficient (Wildman–Crippen LogP) is 2.76. The highest BCUT2D eigenvalue weighted by Gasteiger charge is 2.20. The lowest BCUT2D eigenvalue weighted by Gasteiger charge is -2.29. The minimum absolute atomic E-state index is 0.206. The number of rotatable bonds is 3. The van der Waals surface area contributed by atoms with Gasteiger partial charge in [0.25, 0.3) is 0 Å².